The summed E-state index contributed by atoms with van der Waals surface area (Å²) in [5.74, 6) is -2.71. The monoisotopic (exact) mass is 540 g/mol. The van der Waals surface area contributed by atoms with Crippen molar-refractivity contribution in [3.63, 3.8) is 0 Å². The molecule has 2 heterocycles. The van der Waals surface area contributed by atoms with Gasteiger partial charge in [-0.25, -0.2) is 30.7 Å². The van der Waals surface area contributed by atoms with E-state index in [1.165, 1.54) is 38.4 Å². The first-order valence-corrected chi connectivity index (χ1v) is 12.7. The molecule has 0 amide bonds. The van der Waals surface area contributed by atoms with Crippen molar-refractivity contribution in [2.45, 2.75) is 29.3 Å². The Morgan fingerprint density at radius 2 is 1.69 bits per heavy atom. The fourth-order valence-corrected chi connectivity index (χ4v) is 4.75. The summed E-state index contributed by atoms with van der Waals surface area (Å²) in [5.41, 5.74) is 2.19. The van der Waals surface area contributed by atoms with Gasteiger partial charge in [0.1, 0.15) is 0 Å². The lowest BCUT2D eigenvalue weighted by molar-refractivity contribution is -0.192. The van der Waals surface area contributed by atoms with Gasteiger partial charge in [-0.1, -0.05) is 11.2 Å². The third kappa shape index (κ3) is 7.03. The van der Waals surface area contributed by atoms with Crippen LogP contribution in [0.15, 0.2) is 44.7 Å². The maximum Gasteiger partial charge on any atom is 0.490 e. The number of hydrogen-bond donors (Lipinski definition) is 3. The van der Waals surface area contributed by atoms with Crippen molar-refractivity contribution in [3.05, 3.63) is 41.6 Å². The smallest absolute Gasteiger partial charge is 0.475 e. The van der Waals surface area contributed by atoms with Crippen molar-refractivity contribution in [1.29, 1.82) is 0 Å². The Balaban J connectivity index is 0.000000540. The van der Waals surface area contributed by atoms with Gasteiger partial charge in [0.2, 0.25) is 15.9 Å². The highest BCUT2D eigenvalue weighted by Crippen LogP contribution is 2.32. The zero-order valence-electron chi connectivity index (χ0n) is 18.7. The molecule has 35 heavy (non-hydrogen) atoms. The van der Waals surface area contributed by atoms with Crippen LogP contribution in [0.1, 0.15) is 17.7 Å². The second kappa shape index (κ2) is 10.8. The van der Waals surface area contributed by atoms with Crippen LogP contribution in [0.3, 0.4) is 0 Å². The van der Waals surface area contributed by atoms with Crippen molar-refractivity contribution >= 4 is 37.5 Å². The molecule has 1 aromatic heterocycles. The molecule has 0 spiro atoms. The normalized spacial score (nSPS) is 14.7. The highest BCUT2D eigenvalue weighted by molar-refractivity contribution is 7.92. The van der Waals surface area contributed by atoms with Crippen LogP contribution in [0.4, 0.5) is 19.1 Å². The van der Waals surface area contributed by atoms with Crippen LogP contribution in [0, 0.1) is 6.92 Å². The third-order valence-electron chi connectivity index (χ3n) is 4.63. The molecule has 11 nitrogen and oxygen atoms in total. The zero-order valence-corrected chi connectivity index (χ0v) is 20.4. The van der Waals surface area contributed by atoms with Gasteiger partial charge in [-0.2, -0.15) is 13.2 Å². The second-order valence-electron chi connectivity index (χ2n) is 7.32. The van der Waals surface area contributed by atoms with Crippen LogP contribution in [0.5, 0.6) is 0 Å². The van der Waals surface area contributed by atoms with E-state index < -0.39 is 32.2 Å². The van der Waals surface area contributed by atoms with Crippen molar-refractivity contribution < 1.29 is 44.4 Å². The molecular weight excluding hydrogens is 517 g/mol. The number of benzene rings is 1. The standard InChI is InChI=1S/C17H22N4O5S2.C2HF3O2/c1-12-16(13-8-10-18-11-9-13)17(26-19-12)20-27(22,23)14-4-6-15(7-5-14)28(24,25)21(2)3;3-2(4,5)1(6)7/h4-8,18,20H,9-11H2,1-3H3;(H,6,7). The van der Waals surface area contributed by atoms with Crippen LogP contribution in [0.2, 0.25) is 0 Å². The van der Waals surface area contributed by atoms with Crippen LogP contribution < -0.4 is 10.0 Å². The number of aliphatic carboxylic acids is 1. The summed E-state index contributed by atoms with van der Waals surface area (Å²) < 4.78 is 90.2. The van der Waals surface area contributed by atoms with E-state index in [0.29, 0.717) is 17.8 Å². The molecule has 0 atom stereocenters. The van der Waals surface area contributed by atoms with Gasteiger partial charge >= 0.3 is 12.1 Å². The van der Waals surface area contributed by atoms with Crippen molar-refractivity contribution in [2.24, 2.45) is 0 Å². The number of aryl methyl sites for hydroxylation is 1. The summed E-state index contributed by atoms with van der Waals surface area (Å²) in [6.07, 6.45) is -2.38. The van der Waals surface area contributed by atoms with E-state index in [9.17, 15) is 30.0 Å². The molecule has 1 aliphatic rings. The molecular formula is C19H23F3N4O7S2. The molecule has 16 heteroatoms. The van der Waals surface area contributed by atoms with Gasteiger partial charge in [0.15, 0.2) is 0 Å². The molecule has 1 aliphatic heterocycles. The molecule has 1 aromatic carbocycles. The molecule has 3 N–H and O–H groups in total. The minimum Gasteiger partial charge on any atom is -0.475 e. The van der Waals surface area contributed by atoms with Crippen molar-refractivity contribution in [1.82, 2.24) is 14.8 Å². The average molecular weight is 541 g/mol. The molecule has 194 valence electrons. The number of carbonyl (C=O) groups is 1. The van der Waals surface area contributed by atoms with Gasteiger partial charge in [-0.3, -0.25) is 0 Å². The predicted molar refractivity (Wildman–Crippen MR) is 119 cm³/mol. The first-order valence-electron chi connectivity index (χ1n) is 9.79. The SMILES string of the molecule is Cc1noc(NS(=O)(=O)c2ccc(S(=O)(=O)N(C)C)cc2)c1C1=CCNCC1.O=C(O)C(F)(F)F. The number of carboxylic acids is 1. The number of nitrogens with one attached hydrogen (secondary N) is 2. The summed E-state index contributed by atoms with van der Waals surface area (Å²) in [7, 11) is -4.80. The fourth-order valence-electron chi connectivity index (χ4n) is 2.85. The third-order valence-corrected chi connectivity index (χ3v) is 7.81. The summed E-state index contributed by atoms with van der Waals surface area (Å²) in [4.78, 5) is 8.82. The lowest BCUT2D eigenvalue weighted by Crippen LogP contribution is -2.22. The molecule has 0 unspecified atom stereocenters. The van der Waals surface area contributed by atoms with E-state index in [-0.39, 0.29) is 15.7 Å². The Kier molecular flexibility index (Phi) is 8.70. The Morgan fingerprint density at radius 1 is 1.14 bits per heavy atom. The number of sulfonamides is 2. The van der Waals surface area contributed by atoms with E-state index in [2.05, 4.69) is 15.2 Å². The molecule has 2 aromatic rings. The van der Waals surface area contributed by atoms with Crippen LogP contribution in [-0.2, 0) is 24.8 Å². The van der Waals surface area contributed by atoms with E-state index in [4.69, 9.17) is 14.4 Å². The molecule has 0 saturated heterocycles. The second-order valence-corrected chi connectivity index (χ2v) is 11.2. The Labute approximate surface area is 199 Å². The Morgan fingerprint density at radius 3 is 2.14 bits per heavy atom. The number of carboxylic acid groups (broad SMARTS) is 1. The van der Waals surface area contributed by atoms with Gasteiger partial charge in [-0.15, -0.1) is 0 Å². The summed E-state index contributed by atoms with van der Waals surface area (Å²) in [6.45, 7) is 3.22. The number of rotatable bonds is 6. The molecule has 0 radical (unpaired) electrons. The van der Waals surface area contributed by atoms with Gasteiger partial charge in [0, 0.05) is 20.6 Å². The lowest BCUT2D eigenvalue weighted by atomic mass is 10.0. The molecule has 3 rings (SSSR count). The molecule has 0 fully saturated rings. The van der Waals surface area contributed by atoms with Gasteiger partial charge in [-0.05, 0) is 49.7 Å². The molecule has 0 aliphatic carbocycles. The fraction of sp³-hybridized carbons (Fsp3) is 0.368. The first kappa shape index (κ1) is 28.3. The molecule has 0 bridgehead atoms. The van der Waals surface area contributed by atoms with Gasteiger partial charge < -0.3 is 14.9 Å². The Bertz CT molecular complexity index is 1300. The number of alkyl halides is 3. The molecule has 0 saturated carbocycles. The van der Waals surface area contributed by atoms with Crippen LogP contribution >= 0.6 is 0 Å². The summed E-state index contributed by atoms with van der Waals surface area (Å²) in [5, 5.41) is 14.2. The Hall–Kier alpha value is -2.95. The first-order chi connectivity index (χ1) is 16.1. The largest absolute Gasteiger partial charge is 0.490 e. The van der Waals surface area contributed by atoms with E-state index in [1.54, 1.807) is 6.92 Å². The summed E-state index contributed by atoms with van der Waals surface area (Å²) in [6, 6.07) is 4.99. The van der Waals surface area contributed by atoms with Crippen LogP contribution in [0.25, 0.3) is 5.57 Å². The average Bonchev–Trinajstić information content (AvgIpc) is 3.13. The topological polar surface area (TPSA) is 159 Å². The van der Waals surface area contributed by atoms with Crippen molar-refractivity contribution in [3.8, 4) is 0 Å². The van der Waals surface area contributed by atoms with Gasteiger partial charge in [0.25, 0.3) is 10.0 Å². The number of halogens is 3. The highest BCUT2D eigenvalue weighted by atomic mass is 32.2. The van der Waals surface area contributed by atoms with Crippen molar-refractivity contribution in [2.75, 3.05) is 31.9 Å². The predicted octanol–water partition coefficient (Wildman–Crippen LogP) is 2.04. The maximum atomic E-state index is 12.8. The minimum atomic E-state index is -5.08. The van der Waals surface area contributed by atoms with Gasteiger partial charge in [0.05, 0.1) is 21.0 Å². The summed E-state index contributed by atoms with van der Waals surface area (Å²) >= 11 is 0. The maximum absolute atomic E-state index is 12.8. The van der Waals surface area contributed by atoms with E-state index >= 15 is 0 Å². The lowest BCUT2D eigenvalue weighted by Gasteiger charge is -2.15. The van der Waals surface area contributed by atoms with E-state index in [1.807, 2.05) is 6.08 Å². The van der Waals surface area contributed by atoms with Crippen LogP contribution in [-0.4, -0.2) is 70.7 Å². The van der Waals surface area contributed by atoms with E-state index in [0.717, 1.165) is 22.8 Å². The number of aromatic nitrogens is 1. The number of anilines is 1. The quantitative estimate of drug-likeness (QED) is 0.498. The number of nitrogens with zero attached hydrogens (tertiary/aromatic N) is 2. The number of hydrogen-bond acceptors (Lipinski definition) is 8. The zero-order chi connectivity index (χ0) is 26.6. The minimum absolute atomic E-state index is 0.00695. The highest BCUT2D eigenvalue weighted by Gasteiger charge is 2.38.